The van der Waals surface area contributed by atoms with Gasteiger partial charge in [0.25, 0.3) is 0 Å². The molecule has 0 heterocycles. The molecule has 1 rings (SSSR count). The van der Waals surface area contributed by atoms with Crippen molar-refractivity contribution >= 4 is 5.91 Å². The first-order valence-corrected chi connectivity index (χ1v) is 7.04. The first kappa shape index (κ1) is 15.7. The molecule has 3 N–H and O–H groups in total. The van der Waals surface area contributed by atoms with Gasteiger partial charge >= 0.3 is 0 Å². The van der Waals surface area contributed by atoms with Crippen LogP contribution in [0.3, 0.4) is 0 Å². The fourth-order valence-electron chi connectivity index (χ4n) is 2.21. The quantitative estimate of drug-likeness (QED) is 0.826. The van der Waals surface area contributed by atoms with Crippen LogP contribution < -0.4 is 11.1 Å². The highest BCUT2D eigenvalue weighted by molar-refractivity contribution is 5.78. The summed E-state index contributed by atoms with van der Waals surface area (Å²) < 4.78 is 0. The summed E-state index contributed by atoms with van der Waals surface area (Å²) in [5, 5.41) is 2.98. The van der Waals surface area contributed by atoms with Gasteiger partial charge in [0.05, 0.1) is 0 Å². The van der Waals surface area contributed by atoms with Crippen molar-refractivity contribution in [2.45, 2.75) is 40.5 Å². The highest BCUT2D eigenvalue weighted by Crippen LogP contribution is 2.17. The second-order valence-electron chi connectivity index (χ2n) is 5.17. The van der Waals surface area contributed by atoms with E-state index in [-0.39, 0.29) is 11.8 Å². The molecule has 0 spiro atoms. The van der Waals surface area contributed by atoms with Crippen LogP contribution in [0.25, 0.3) is 0 Å². The lowest BCUT2D eigenvalue weighted by Gasteiger charge is -2.14. The Hall–Kier alpha value is -1.35. The molecule has 0 aliphatic carbocycles. The smallest absolute Gasteiger partial charge is 0.224 e. The summed E-state index contributed by atoms with van der Waals surface area (Å²) in [4.78, 5) is 11.8. The monoisotopic (exact) mass is 262 g/mol. The minimum Gasteiger partial charge on any atom is -0.355 e. The predicted octanol–water partition coefficient (Wildman–Crippen LogP) is 2.26. The number of carbonyl (C=O) groups excluding carboxylic acids is 1. The van der Waals surface area contributed by atoms with Crippen LogP contribution in [-0.4, -0.2) is 19.0 Å². The van der Waals surface area contributed by atoms with Crippen LogP contribution in [0.1, 0.15) is 35.6 Å². The van der Waals surface area contributed by atoms with E-state index < -0.39 is 0 Å². The van der Waals surface area contributed by atoms with Crippen molar-refractivity contribution in [3.8, 4) is 0 Å². The molecule has 1 aromatic carbocycles. The van der Waals surface area contributed by atoms with Gasteiger partial charge in [0, 0.05) is 19.0 Å². The molecular formula is C16H26N2O. The van der Waals surface area contributed by atoms with Crippen molar-refractivity contribution in [2.75, 3.05) is 13.1 Å². The maximum absolute atomic E-state index is 11.8. The third-order valence-electron chi connectivity index (χ3n) is 4.01. The number of benzene rings is 1. The molecule has 1 aromatic rings. The first-order chi connectivity index (χ1) is 9.01. The number of nitrogens with one attached hydrogen (secondary N) is 1. The van der Waals surface area contributed by atoms with E-state index in [1.165, 1.54) is 22.3 Å². The molecule has 0 radical (unpaired) electrons. The van der Waals surface area contributed by atoms with E-state index in [4.69, 9.17) is 5.73 Å². The summed E-state index contributed by atoms with van der Waals surface area (Å²) >= 11 is 0. The average Bonchev–Trinajstić information content (AvgIpc) is 2.40. The van der Waals surface area contributed by atoms with Crippen LogP contribution in [0.15, 0.2) is 12.1 Å². The minimum atomic E-state index is -0.0548. The number of amides is 1. The van der Waals surface area contributed by atoms with Gasteiger partial charge in [0.2, 0.25) is 5.91 Å². The van der Waals surface area contributed by atoms with Gasteiger partial charge in [0.15, 0.2) is 0 Å². The van der Waals surface area contributed by atoms with Crippen LogP contribution in [0.5, 0.6) is 0 Å². The van der Waals surface area contributed by atoms with E-state index in [1.807, 2.05) is 6.92 Å². The summed E-state index contributed by atoms with van der Waals surface area (Å²) in [5.41, 5.74) is 10.9. The summed E-state index contributed by atoms with van der Waals surface area (Å²) in [5.74, 6) is 0.0207. The Labute approximate surface area is 116 Å². The largest absolute Gasteiger partial charge is 0.355 e. The van der Waals surface area contributed by atoms with Crippen molar-refractivity contribution in [1.29, 1.82) is 0 Å². The van der Waals surface area contributed by atoms with Crippen LogP contribution in [0, 0.1) is 26.7 Å². The molecule has 0 fully saturated rings. The lowest BCUT2D eigenvalue weighted by atomic mass is 9.97. The Balaban J connectivity index is 2.54. The van der Waals surface area contributed by atoms with E-state index in [2.05, 4.69) is 38.2 Å². The van der Waals surface area contributed by atoms with Gasteiger partial charge in [-0.3, -0.25) is 4.79 Å². The molecule has 0 aliphatic rings. The molecule has 0 aliphatic heterocycles. The number of aryl methyl sites for hydroxylation is 1. The second kappa shape index (κ2) is 7.29. The maximum atomic E-state index is 11.8. The Morgan fingerprint density at radius 3 is 2.53 bits per heavy atom. The van der Waals surface area contributed by atoms with Gasteiger partial charge in [-0.05, 0) is 55.9 Å². The molecular weight excluding hydrogens is 236 g/mol. The van der Waals surface area contributed by atoms with E-state index in [0.29, 0.717) is 13.1 Å². The molecule has 19 heavy (non-hydrogen) atoms. The number of rotatable bonds is 6. The molecule has 106 valence electrons. The van der Waals surface area contributed by atoms with Crippen molar-refractivity contribution in [2.24, 2.45) is 11.7 Å². The Morgan fingerprint density at radius 2 is 1.95 bits per heavy atom. The van der Waals surface area contributed by atoms with Crippen LogP contribution in [0.2, 0.25) is 0 Å². The number of hydrogen-bond acceptors (Lipinski definition) is 2. The van der Waals surface area contributed by atoms with Crippen molar-refractivity contribution in [3.05, 3.63) is 34.4 Å². The summed E-state index contributed by atoms with van der Waals surface area (Å²) in [6, 6.07) is 4.30. The van der Waals surface area contributed by atoms with Crippen molar-refractivity contribution in [1.82, 2.24) is 5.32 Å². The fraction of sp³-hybridized carbons (Fsp3) is 0.562. The van der Waals surface area contributed by atoms with Gasteiger partial charge in [-0.15, -0.1) is 0 Å². The Bertz CT molecular complexity index is 437. The van der Waals surface area contributed by atoms with Crippen LogP contribution in [0.4, 0.5) is 0 Å². The molecule has 1 unspecified atom stereocenters. The minimum absolute atomic E-state index is 0.0548. The molecule has 0 bridgehead atoms. The fourth-order valence-corrected chi connectivity index (χ4v) is 2.21. The third-order valence-corrected chi connectivity index (χ3v) is 4.01. The average molecular weight is 262 g/mol. The van der Waals surface area contributed by atoms with Gasteiger partial charge in [-0.25, -0.2) is 0 Å². The van der Waals surface area contributed by atoms with Gasteiger partial charge in [-0.1, -0.05) is 19.1 Å². The first-order valence-electron chi connectivity index (χ1n) is 7.04. The molecule has 3 nitrogen and oxygen atoms in total. The van der Waals surface area contributed by atoms with E-state index in [9.17, 15) is 4.79 Å². The van der Waals surface area contributed by atoms with Crippen LogP contribution >= 0.6 is 0 Å². The number of nitrogens with two attached hydrogens (primary N) is 1. The highest BCUT2D eigenvalue weighted by atomic mass is 16.1. The topological polar surface area (TPSA) is 55.1 Å². The Morgan fingerprint density at radius 1 is 1.26 bits per heavy atom. The lowest BCUT2D eigenvalue weighted by Crippen LogP contribution is -2.35. The number of carbonyl (C=O) groups is 1. The molecule has 1 amide bonds. The van der Waals surface area contributed by atoms with Gasteiger partial charge in [0.1, 0.15) is 0 Å². The van der Waals surface area contributed by atoms with Gasteiger partial charge in [-0.2, -0.15) is 0 Å². The maximum Gasteiger partial charge on any atom is 0.224 e. The van der Waals surface area contributed by atoms with Crippen molar-refractivity contribution in [3.63, 3.8) is 0 Å². The lowest BCUT2D eigenvalue weighted by molar-refractivity contribution is -0.124. The zero-order chi connectivity index (χ0) is 14.4. The highest BCUT2D eigenvalue weighted by Gasteiger charge is 2.13. The zero-order valence-corrected chi connectivity index (χ0v) is 12.5. The Kier molecular flexibility index (Phi) is 6.03. The normalized spacial score (nSPS) is 12.3. The SMILES string of the molecule is CCC(CN)C(=O)NCCc1ccc(C)c(C)c1C. The zero-order valence-electron chi connectivity index (χ0n) is 12.5. The van der Waals surface area contributed by atoms with E-state index in [0.717, 1.165) is 12.8 Å². The molecule has 0 saturated heterocycles. The molecule has 0 saturated carbocycles. The standard InChI is InChI=1S/C16H26N2O/c1-5-14(10-17)16(19)18-9-8-15-7-6-11(2)12(3)13(15)4/h6-7,14H,5,8-10,17H2,1-4H3,(H,18,19). The van der Waals surface area contributed by atoms with Gasteiger partial charge < -0.3 is 11.1 Å². The number of hydrogen-bond donors (Lipinski definition) is 2. The van der Waals surface area contributed by atoms with E-state index >= 15 is 0 Å². The predicted molar refractivity (Wildman–Crippen MR) is 80.2 cm³/mol. The van der Waals surface area contributed by atoms with Crippen LogP contribution in [-0.2, 0) is 11.2 Å². The van der Waals surface area contributed by atoms with E-state index in [1.54, 1.807) is 0 Å². The second-order valence-corrected chi connectivity index (χ2v) is 5.17. The summed E-state index contributed by atoms with van der Waals surface area (Å²) in [7, 11) is 0. The molecule has 0 aromatic heterocycles. The van der Waals surface area contributed by atoms with Crippen molar-refractivity contribution < 1.29 is 4.79 Å². The third kappa shape index (κ3) is 4.06. The summed E-state index contributed by atoms with van der Waals surface area (Å²) in [6.07, 6.45) is 1.67. The molecule has 3 heteroatoms. The molecule has 1 atom stereocenters. The summed E-state index contributed by atoms with van der Waals surface area (Å²) in [6.45, 7) is 9.51.